The minimum atomic E-state index is -0.272. The van der Waals surface area contributed by atoms with E-state index in [-0.39, 0.29) is 11.7 Å². The van der Waals surface area contributed by atoms with Gasteiger partial charge >= 0.3 is 0 Å². The highest BCUT2D eigenvalue weighted by Gasteiger charge is 2.08. The largest absolute Gasteiger partial charge is 0.497 e. The Morgan fingerprint density at radius 3 is 2.09 bits per heavy atom. The van der Waals surface area contributed by atoms with E-state index in [1.807, 2.05) is 48.5 Å². The van der Waals surface area contributed by atoms with E-state index >= 15 is 0 Å². The highest BCUT2D eigenvalue weighted by atomic mass is 16.5. The number of carbonyl (C=O) groups is 1. The van der Waals surface area contributed by atoms with Crippen LogP contribution in [0, 0.1) is 0 Å². The molecule has 0 unspecified atom stereocenters. The van der Waals surface area contributed by atoms with Gasteiger partial charge in [-0.2, -0.15) is 0 Å². The summed E-state index contributed by atoms with van der Waals surface area (Å²) in [5.74, 6) is 0.822. The quantitative estimate of drug-likeness (QED) is 0.738. The highest BCUT2D eigenvalue weighted by Crippen LogP contribution is 2.21. The third kappa shape index (κ3) is 3.71. The normalized spacial score (nSPS) is 10.1. The first kappa shape index (κ1) is 14.7. The van der Waals surface area contributed by atoms with Crippen LogP contribution in [0.5, 0.6) is 5.75 Å². The smallest absolute Gasteiger partial charge is 0.291 e. The van der Waals surface area contributed by atoms with Gasteiger partial charge in [-0.15, -0.1) is 0 Å². The van der Waals surface area contributed by atoms with Gasteiger partial charge < -0.3 is 19.8 Å². The van der Waals surface area contributed by atoms with Crippen molar-refractivity contribution in [2.24, 2.45) is 0 Å². The molecule has 3 rings (SSSR count). The van der Waals surface area contributed by atoms with Crippen molar-refractivity contribution in [2.45, 2.75) is 0 Å². The lowest BCUT2D eigenvalue weighted by molar-refractivity contribution is 0.0996. The van der Waals surface area contributed by atoms with Crippen molar-refractivity contribution in [2.75, 3.05) is 17.7 Å². The van der Waals surface area contributed by atoms with E-state index in [2.05, 4.69) is 10.6 Å². The average molecular weight is 308 g/mol. The molecule has 0 aliphatic carbocycles. The summed E-state index contributed by atoms with van der Waals surface area (Å²) in [6.45, 7) is 0. The Balaban J connectivity index is 1.63. The molecule has 2 aromatic carbocycles. The van der Waals surface area contributed by atoms with Gasteiger partial charge in [-0.1, -0.05) is 0 Å². The van der Waals surface area contributed by atoms with Gasteiger partial charge in [0, 0.05) is 17.1 Å². The summed E-state index contributed by atoms with van der Waals surface area (Å²) in [5, 5.41) is 6.05. The predicted molar refractivity (Wildman–Crippen MR) is 89.4 cm³/mol. The second kappa shape index (κ2) is 6.70. The molecule has 0 saturated heterocycles. The van der Waals surface area contributed by atoms with E-state index in [9.17, 15) is 4.79 Å². The maximum Gasteiger partial charge on any atom is 0.291 e. The molecule has 0 aliphatic rings. The Bertz CT molecular complexity index is 763. The highest BCUT2D eigenvalue weighted by molar-refractivity contribution is 6.02. The lowest BCUT2D eigenvalue weighted by Gasteiger charge is -2.09. The molecule has 0 saturated carbocycles. The summed E-state index contributed by atoms with van der Waals surface area (Å²) >= 11 is 0. The number of benzene rings is 2. The molecule has 0 spiro atoms. The van der Waals surface area contributed by atoms with Crippen molar-refractivity contribution in [1.82, 2.24) is 0 Å². The van der Waals surface area contributed by atoms with Gasteiger partial charge in [-0.25, -0.2) is 0 Å². The molecule has 5 heteroatoms. The molecule has 0 bridgehead atoms. The maximum atomic E-state index is 11.9. The first-order valence-corrected chi connectivity index (χ1v) is 7.10. The summed E-state index contributed by atoms with van der Waals surface area (Å²) in [6, 6.07) is 18.4. The molecule has 5 nitrogen and oxygen atoms in total. The molecule has 0 radical (unpaired) electrons. The molecule has 1 heterocycles. The number of hydrogen-bond acceptors (Lipinski definition) is 4. The van der Waals surface area contributed by atoms with Gasteiger partial charge in [0.2, 0.25) is 0 Å². The first-order valence-electron chi connectivity index (χ1n) is 7.10. The second-order valence-corrected chi connectivity index (χ2v) is 4.86. The summed E-state index contributed by atoms with van der Waals surface area (Å²) < 4.78 is 10.2. The number of amides is 1. The van der Waals surface area contributed by atoms with E-state index in [1.165, 1.54) is 6.26 Å². The van der Waals surface area contributed by atoms with E-state index in [1.54, 1.807) is 19.2 Å². The molecule has 116 valence electrons. The lowest BCUT2D eigenvalue weighted by Crippen LogP contribution is -2.10. The predicted octanol–water partition coefficient (Wildman–Crippen LogP) is 4.28. The van der Waals surface area contributed by atoms with Crippen molar-refractivity contribution in [1.29, 1.82) is 0 Å². The number of rotatable bonds is 5. The molecular weight excluding hydrogens is 292 g/mol. The molecule has 3 aromatic rings. The van der Waals surface area contributed by atoms with Crippen molar-refractivity contribution in [3.63, 3.8) is 0 Å². The van der Waals surface area contributed by atoms with Crippen LogP contribution >= 0.6 is 0 Å². The van der Waals surface area contributed by atoms with Crippen LogP contribution in [0.1, 0.15) is 10.6 Å². The molecule has 0 fully saturated rings. The van der Waals surface area contributed by atoms with Crippen LogP contribution < -0.4 is 15.4 Å². The second-order valence-electron chi connectivity index (χ2n) is 4.86. The van der Waals surface area contributed by atoms with Crippen LogP contribution in [0.4, 0.5) is 17.1 Å². The third-order valence-corrected chi connectivity index (χ3v) is 3.27. The Morgan fingerprint density at radius 1 is 0.913 bits per heavy atom. The molecule has 1 aromatic heterocycles. The molecule has 0 atom stereocenters. The monoisotopic (exact) mass is 308 g/mol. The number of methoxy groups -OCH3 is 1. The summed E-state index contributed by atoms with van der Waals surface area (Å²) in [4.78, 5) is 11.9. The van der Waals surface area contributed by atoms with Crippen molar-refractivity contribution in [3.8, 4) is 5.75 Å². The van der Waals surface area contributed by atoms with Crippen molar-refractivity contribution < 1.29 is 13.9 Å². The Hall–Kier alpha value is -3.21. The summed E-state index contributed by atoms with van der Waals surface area (Å²) in [5.41, 5.74) is 2.58. The number of nitrogens with one attached hydrogen (secondary N) is 2. The van der Waals surface area contributed by atoms with Gasteiger partial charge in [0.1, 0.15) is 5.75 Å². The number of ether oxygens (including phenoxy) is 1. The minimum Gasteiger partial charge on any atom is -0.497 e. The van der Waals surface area contributed by atoms with Gasteiger partial charge in [-0.3, -0.25) is 4.79 Å². The van der Waals surface area contributed by atoms with Gasteiger partial charge in [0.15, 0.2) is 5.76 Å². The zero-order chi connectivity index (χ0) is 16.1. The molecule has 2 N–H and O–H groups in total. The fraction of sp³-hybridized carbons (Fsp3) is 0.0556. The van der Waals surface area contributed by atoms with Crippen LogP contribution in [-0.4, -0.2) is 13.0 Å². The van der Waals surface area contributed by atoms with E-state index in [0.717, 1.165) is 17.1 Å². The number of furan rings is 1. The zero-order valence-electron chi connectivity index (χ0n) is 12.6. The maximum absolute atomic E-state index is 11.9. The van der Waals surface area contributed by atoms with Crippen LogP contribution in [0.15, 0.2) is 71.3 Å². The number of hydrogen-bond donors (Lipinski definition) is 2. The fourth-order valence-electron chi connectivity index (χ4n) is 2.08. The SMILES string of the molecule is COc1ccc(Nc2ccc(NC(=O)c3ccco3)cc2)cc1. The Labute approximate surface area is 133 Å². The minimum absolute atomic E-state index is 0.272. The standard InChI is InChI=1S/C18H16N2O3/c1-22-16-10-8-14(9-11-16)19-13-4-6-15(7-5-13)20-18(21)17-3-2-12-23-17/h2-12,19H,1H3,(H,20,21). The van der Waals surface area contributed by atoms with Crippen LogP contribution in [0.3, 0.4) is 0 Å². The molecular formula is C18H16N2O3. The number of carbonyl (C=O) groups excluding carboxylic acids is 1. The van der Waals surface area contributed by atoms with E-state index in [0.29, 0.717) is 5.69 Å². The lowest BCUT2D eigenvalue weighted by atomic mass is 10.2. The van der Waals surface area contributed by atoms with Crippen LogP contribution in [-0.2, 0) is 0 Å². The van der Waals surface area contributed by atoms with Crippen LogP contribution in [0.25, 0.3) is 0 Å². The average Bonchev–Trinajstić information content (AvgIpc) is 3.12. The Morgan fingerprint density at radius 2 is 1.52 bits per heavy atom. The van der Waals surface area contributed by atoms with Gasteiger partial charge in [0.25, 0.3) is 5.91 Å². The number of anilines is 3. The summed E-state index contributed by atoms with van der Waals surface area (Å²) in [7, 11) is 1.64. The molecule has 23 heavy (non-hydrogen) atoms. The van der Waals surface area contributed by atoms with Crippen molar-refractivity contribution in [3.05, 3.63) is 72.7 Å². The molecule has 0 aliphatic heterocycles. The third-order valence-electron chi connectivity index (χ3n) is 3.27. The van der Waals surface area contributed by atoms with E-state index < -0.39 is 0 Å². The zero-order valence-corrected chi connectivity index (χ0v) is 12.6. The Kier molecular flexibility index (Phi) is 4.29. The first-order chi connectivity index (χ1) is 11.2. The van der Waals surface area contributed by atoms with Gasteiger partial charge in [0.05, 0.1) is 13.4 Å². The summed E-state index contributed by atoms with van der Waals surface area (Å²) in [6.07, 6.45) is 1.47. The van der Waals surface area contributed by atoms with E-state index in [4.69, 9.17) is 9.15 Å². The molecule has 1 amide bonds. The van der Waals surface area contributed by atoms with Crippen molar-refractivity contribution >= 4 is 23.0 Å². The van der Waals surface area contributed by atoms with Crippen LogP contribution in [0.2, 0.25) is 0 Å². The topological polar surface area (TPSA) is 63.5 Å². The fourth-order valence-corrected chi connectivity index (χ4v) is 2.08. The van der Waals surface area contributed by atoms with Gasteiger partial charge in [-0.05, 0) is 60.7 Å².